The molecule has 8 nitrogen and oxygen atoms in total. The van der Waals surface area contributed by atoms with Crippen LogP contribution in [-0.4, -0.2) is 39.3 Å². The zero-order valence-corrected chi connectivity index (χ0v) is 18.9. The lowest BCUT2D eigenvalue weighted by Gasteiger charge is -2.12. The quantitative estimate of drug-likeness (QED) is 0.390. The number of aliphatic hydroxyl groups is 1. The summed E-state index contributed by atoms with van der Waals surface area (Å²) < 4.78 is 6.83. The Hall–Kier alpha value is -3.01. The topological polar surface area (TPSA) is 105 Å². The number of thioether (sulfide) groups is 1. The van der Waals surface area contributed by atoms with Crippen LogP contribution in [-0.2, 0) is 29.3 Å². The van der Waals surface area contributed by atoms with Gasteiger partial charge >= 0.3 is 0 Å². The number of rotatable bonds is 10. The largest absolute Gasteiger partial charge is 0.495 e. The molecule has 168 valence electrons. The average Bonchev–Trinajstić information content (AvgIpc) is 3.19. The zero-order valence-electron chi connectivity index (χ0n) is 17.4. The Balaban J connectivity index is 1.58. The number of carbonyl (C=O) groups excluding carboxylic acids is 2. The van der Waals surface area contributed by atoms with Gasteiger partial charge in [-0.3, -0.25) is 9.59 Å². The summed E-state index contributed by atoms with van der Waals surface area (Å²) in [4.78, 5) is 29.1. The van der Waals surface area contributed by atoms with Crippen LogP contribution >= 0.6 is 23.4 Å². The van der Waals surface area contributed by atoms with Crippen molar-refractivity contribution in [3.05, 3.63) is 71.0 Å². The van der Waals surface area contributed by atoms with Gasteiger partial charge in [-0.2, -0.15) is 0 Å². The number of aliphatic hydroxyl groups excluding tert-OH is 1. The number of halogens is 1. The summed E-state index contributed by atoms with van der Waals surface area (Å²) in [7, 11) is 1.53. The molecule has 3 N–H and O–H groups in total. The van der Waals surface area contributed by atoms with E-state index in [4.69, 9.17) is 16.3 Å². The Morgan fingerprint density at radius 1 is 1.16 bits per heavy atom. The smallest absolute Gasteiger partial charge is 0.240 e. The molecule has 0 aliphatic heterocycles. The molecule has 0 fully saturated rings. The van der Waals surface area contributed by atoms with Gasteiger partial charge in [0, 0.05) is 11.6 Å². The van der Waals surface area contributed by atoms with Crippen molar-refractivity contribution in [2.75, 3.05) is 18.2 Å². The van der Waals surface area contributed by atoms with Gasteiger partial charge in [0.15, 0.2) is 5.16 Å². The number of hydrogen-bond donors (Lipinski definition) is 3. The molecule has 0 atom stereocenters. The third-order valence-corrected chi connectivity index (χ3v) is 5.72. The highest BCUT2D eigenvalue weighted by molar-refractivity contribution is 7.99. The first-order valence-electron chi connectivity index (χ1n) is 9.72. The van der Waals surface area contributed by atoms with Crippen molar-refractivity contribution in [2.24, 2.45) is 0 Å². The van der Waals surface area contributed by atoms with E-state index in [-0.39, 0.29) is 30.7 Å². The van der Waals surface area contributed by atoms with E-state index in [1.54, 1.807) is 34.9 Å². The molecule has 2 aromatic carbocycles. The molecule has 0 unspecified atom stereocenters. The Morgan fingerprint density at radius 3 is 2.62 bits per heavy atom. The maximum absolute atomic E-state index is 12.5. The van der Waals surface area contributed by atoms with Crippen molar-refractivity contribution in [2.45, 2.75) is 24.9 Å². The summed E-state index contributed by atoms with van der Waals surface area (Å²) in [5, 5.41) is 16.3. The molecule has 0 saturated heterocycles. The van der Waals surface area contributed by atoms with Crippen molar-refractivity contribution in [3.63, 3.8) is 0 Å². The van der Waals surface area contributed by atoms with Crippen LogP contribution in [0.1, 0.15) is 11.3 Å². The van der Waals surface area contributed by atoms with Crippen LogP contribution in [0.5, 0.6) is 5.75 Å². The zero-order chi connectivity index (χ0) is 22.9. The van der Waals surface area contributed by atoms with Crippen molar-refractivity contribution in [1.82, 2.24) is 14.9 Å². The minimum Gasteiger partial charge on any atom is -0.495 e. The monoisotopic (exact) mass is 474 g/mol. The molecule has 0 radical (unpaired) electrons. The second kappa shape index (κ2) is 11.6. The van der Waals surface area contributed by atoms with Crippen LogP contribution in [0, 0.1) is 0 Å². The van der Waals surface area contributed by atoms with Crippen LogP contribution in [0.25, 0.3) is 0 Å². The number of carbonyl (C=O) groups is 2. The normalized spacial score (nSPS) is 10.6. The highest BCUT2D eigenvalue weighted by Crippen LogP contribution is 2.24. The van der Waals surface area contributed by atoms with Gasteiger partial charge in [0.05, 0.1) is 37.0 Å². The van der Waals surface area contributed by atoms with E-state index in [2.05, 4.69) is 15.6 Å². The maximum Gasteiger partial charge on any atom is 0.240 e. The van der Waals surface area contributed by atoms with Crippen molar-refractivity contribution < 1.29 is 19.4 Å². The summed E-state index contributed by atoms with van der Waals surface area (Å²) >= 11 is 7.05. The lowest BCUT2D eigenvalue weighted by atomic mass is 10.2. The molecule has 1 heterocycles. The minimum atomic E-state index is -0.272. The van der Waals surface area contributed by atoms with Gasteiger partial charge in [-0.15, -0.1) is 0 Å². The first-order chi connectivity index (χ1) is 15.5. The highest BCUT2D eigenvalue weighted by Gasteiger charge is 2.15. The van der Waals surface area contributed by atoms with E-state index < -0.39 is 0 Å². The van der Waals surface area contributed by atoms with Gasteiger partial charge in [0.2, 0.25) is 11.8 Å². The van der Waals surface area contributed by atoms with Crippen LogP contribution in [0.4, 0.5) is 5.69 Å². The number of hydrogen-bond acceptors (Lipinski definition) is 6. The van der Waals surface area contributed by atoms with E-state index in [9.17, 15) is 14.7 Å². The summed E-state index contributed by atoms with van der Waals surface area (Å²) in [6, 6.07) is 14.3. The van der Waals surface area contributed by atoms with Crippen molar-refractivity contribution in [1.29, 1.82) is 0 Å². The molecule has 0 saturated carbocycles. The third kappa shape index (κ3) is 6.49. The second-order valence-electron chi connectivity index (χ2n) is 6.72. The van der Waals surface area contributed by atoms with Crippen LogP contribution in [0.2, 0.25) is 5.02 Å². The molecule has 2 amide bonds. The molecule has 0 spiro atoms. The predicted octanol–water partition coefficient (Wildman–Crippen LogP) is 3.08. The average molecular weight is 475 g/mol. The molecule has 0 aliphatic carbocycles. The number of aromatic nitrogens is 2. The summed E-state index contributed by atoms with van der Waals surface area (Å²) in [6.07, 6.45) is 1.49. The number of benzene rings is 2. The van der Waals surface area contributed by atoms with Gasteiger partial charge in [0.25, 0.3) is 0 Å². The minimum absolute atomic E-state index is 0.0278. The Kier molecular flexibility index (Phi) is 8.55. The molecule has 0 bridgehead atoms. The molecular weight excluding hydrogens is 452 g/mol. The molecule has 3 rings (SSSR count). The summed E-state index contributed by atoms with van der Waals surface area (Å²) in [6.45, 7) is 0.0499. The van der Waals surface area contributed by atoms with Gasteiger partial charge < -0.3 is 25.0 Å². The fraction of sp³-hybridized carbons (Fsp3) is 0.227. The predicted molar refractivity (Wildman–Crippen MR) is 124 cm³/mol. The number of para-hydroxylation sites is 2. The van der Waals surface area contributed by atoms with E-state index in [0.717, 1.165) is 5.56 Å². The first kappa shape index (κ1) is 23.6. The molecule has 32 heavy (non-hydrogen) atoms. The van der Waals surface area contributed by atoms with E-state index in [0.29, 0.717) is 33.9 Å². The van der Waals surface area contributed by atoms with Gasteiger partial charge in [-0.25, -0.2) is 4.98 Å². The molecular formula is C22H23ClN4O4S. The number of imidazole rings is 1. The SMILES string of the molecule is COc1ccccc1NC(=O)CSc1ncc(CO)n1CC(=O)NCc1ccc(Cl)cc1. The Bertz CT molecular complexity index is 1070. The van der Waals surface area contributed by atoms with E-state index in [1.165, 1.54) is 25.1 Å². The third-order valence-electron chi connectivity index (χ3n) is 4.48. The number of amides is 2. The number of nitrogens with zero attached hydrogens (tertiary/aromatic N) is 2. The molecule has 0 aliphatic rings. The first-order valence-corrected chi connectivity index (χ1v) is 11.1. The lowest BCUT2D eigenvalue weighted by Crippen LogP contribution is -2.28. The van der Waals surface area contributed by atoms with Crippen LogP contribution in [0.15, 0.2) is 59.9 Å². The molecule has 1 aromatic heterocycles. The summed E-state index contributed by atoms with van der Waals surface area (Å²) in [5.41, 5.74) is 1.97. The van der Waals surface area contributed by atoms with Crippen molar-refractivity contribution >= 4 is 40.9 Å². The fourth-order valence-electron chi connectivity index (χ4n) is 2.87. The van der Waals surface area contributed by atoms with Crippen LogP contribution in [0.3, 0.4) is 0 Å². The van der Waals surface area contributed by atoms with Gasteiger partial charge in [0.1, 0.15) is 12.3 Å². The molecule has 3 aromatic rings. The van der Waals surface area contributed by atoms with E-state index >= 15 is 0 Å². The molecule has 10 heteroatoms. The van der Waals surface area contributed by atoms with Crippen molar-refractivity contribution in [3.8, 4) is 5.75 Å². The standard InChI is InChI=1S/C22H23ClN4O4S/c1-31-19-5-3-2-4-18(19)26-21(30)14-32-22-25-11-17(13-28)27(22)12-20(29)24-10-15-6-8-16(23)9-7-15/h2-9,11,28H,10,12-14H2,1H3,(H,24,29)(H,26,30). The lowest BCUT2D eigenvalue weighted by molar-refractivity contribution is -0.122. The second-order valence-corrected chi connectivity index (χ2v) is 8.10. The van der Waals surface area contributed by atoms with E-state index in [1.807, 2.05) is 18.2 Å². The van der Waals surface area contributed by atoms with Gasteiger partial charge in [-0.1, -0.05) is 47.6 Å². The Labute approximate surface area is 194 Å². The number of nitrogens with one attached hydrogen (secondary N) is 2. The maximum atomic E-state index is 12.5. The highest BCUT2D eigenvalue weighted by atomic mass is 35.5. The Morgan fingerprint density at radius 2 is 1.91 bits per heavy atom. The van der Waals surface area contributed by atoms with Crippen LogP contribution < -0.4 is 15.4 Å². The number of ether oxygens (including phenoxy) is 1. The fourth-order valence-corrected chi connectivity index (χ4v) is 3.79. The number of anilines is 1. The van der Waals surface area contributed by atoms with Gasteiger partial charge in [-0.05, 0) is 29.8 Å². The number of methoxy groups -OCH3 is 1. The summed E-state index contributed by atoms with van der Waals surface area (Å²) in [5.74, 6) is 0.152.